The molecule has 3 aromatic rings. The molecule has 0 saturated heterocycles. The zero-order valence-corrected chi connectivity index (χ0v) is 18.6. The van der Waals surface area contributed by atoms with Gasteiger partial charge >= 0.3 is 0 Å². The second kappa shape index (κ2) is 8.49. The van der Waals surface area contributed by atoms with Crippen molar-refractivity contribution in [2.45, 2.75) is 17.7 Å². The van der Waals surface area contributed by atoms with Gasteiger partial charge in [-0.1, -0.05) is 11.8 Å². The molecule has 5 nitrogen and oxygen atoms in total. The maximum Gasteiger partial charge on any atom is 0.234 e. The van der Waals surface area contributed by atoms with Gasteiger partial charge in [0.1, 0.15) is 5.82 Å². The Balaban J connectivity index is 1.42. The number of thioether (sulfide) groups is 1. The van der Waals surface area contributed by atoms with Gasteiger partial charge in [-0.2, -0.15) is 0 Å². The fraction of sp³-hybridized carbons (Fsp3) is 0.238. The van der Waals surface area contributed by atoms with E-state index in [1.807, 2.05) is 5.38 Å². The van der Waals surface area contributed by atoms with E-state index in [-0.39, 0.29) is 23.1 Å². The predicted molar refractivity (Wildman–Crippen MR) is 120 cm³/mol. The van der Waals surface area contributed by atoms with Gasteiger partial charge in [-0.25, -0.2) is 17.8 Å². The average Bonchev–Trinajstić information content (AvgIpc) is 3.39. The van der Waals surface area contributed by atoms with Crippen LogP contribution >= 0.6 is 23.1 Å². The van der Waals surface area contributed by atoms with Gasteiger partial charge in [0, 0.05) is 23.1 Å². The zero-order chi connectivity index (χ0) is 21.3. The third-order valence-electron chi connectivity index (χ3n) is 4.90. The molecule has 156 valence electrons. The Bertz CT molecular complexity index is 1190. The molecule has 0 atom stereocenters. The molecule has 0 fully saturated rings. The number of thiazole rings is 1. The van der Waals surface area contributed by atoms with Crippen molar-refractivity contribution in [3.8, 4) is 11.3 Å². The highest BCUT2D eigenvalue weighted by Crippen LogP contribution is 2.32. The summed E-state index contributed by atoms with van der Waals surface area (Å²) in [6.45, 7) is 2.05. The fourth-order valence-electron chi connectivity index (χ4n) is 3.28. The number of sulfonamides is 1. The second-order valence-electron chi connectivity index (χ2n) is 6.78. The van der Waals surface area contributed by atoms with Gasteiger partial charge in [0.25, 0.3) is 0 Å². The molecule has 2 aromatic carbocycles. The number of nitrogens with zero attached hydrogens (tertiary/aromatic N) is 2. The number of anilines is 1. The van der Waals surface area contributed by atoms with Crippen LogP contribution < -0.4 is 4.31 Å². The van der Waals surface area contributed by atoms with Gasteiger partial charge in [0.15, 0.2) is 10.1 Å². The molecule has 0 N–H and O–H groups in total. The van der Waals surface area contributed by atoms with Crippen molar-refractivity contribution in [1.82, 2.24) is 4.98 Å². The van der Waals surface area contributed by atoms with E-state index >= 15 is 0 Å². The fourth-order valence-corrected chi connectivity index (χ4v) is 6.17. The first-order valence-corrected chi connectivity index (χ1v) is 12.9. The Labute approximate surface area is 183 Å². The van der Waals surface area contributed by atoms with Crippen LogP contribution in [0.15, 0.2) is 52.2 Å². The number of aromatic nitrogens is 1. The molecular formula is C21H19FN2O3S3. The van der Waals surface area contributed by atoms with Crippen LogP contribution in [-0.4, -0.2) is 37.2 Å². The number of hydrogen-bond acceptors (Lipinski definition) is 6. The van der Waals surface area contributed by atoms with Crippen LogP contribution in [0.25, 0.3) is 11.3 Å². The van der Waals surface area contributed by atoms with E-state index in [1.165, 1.54) is 39.5 Å². The van der Waals surface area contributed by atoms with Crippen molar-refractivity contribution in [2.24, 2.45) is 0 Å². The first-order chi connectivity index (χ1) is 14.4. The van der Waals surface area contributed by atoms with Gasteiger partial charge in [-0.05, 0) is 61.4 Å². The lowest BCUT2D eigenvalue weighted by molar-refractivity contribution is 0.102. The summed E-state index contributed by atoms with van der Waals surface area (Å²) in [6, 6.07) is 11.4. The maximum absolute atomic E-state index is 13.1. The summed E-state index contributed by atoms with van der Waals surface area (Å²) in [5, 5.41) is 1.89. The van der Waals surface area contributed by atoms with Crippen LogP contribution in [0.3, 0.4) is 0 Å². The first-order valence-electron chi connectivity index (χ1n) is 9.38. The van der Waals surface area contributed by atoms with Crippen LogP contribution in [0.4, 0.5) is 10.1 Å². The molecule has 30 heavy (non-hydrogen) atoms. The van der Waals surface area contributed by atoms with Gasteiger partial charge in [0.2, 0.25) is 10.0 Å². The van der Waals surface area contributed by atoms with Gasteiger partial charge < -0.3 is 0 Å². The third-order valence-corrected chi connectivity index (χ3v) is 8.71. The van der Waals surface area contributed by atoms with Crippen molar-refractivity contribution in [1.29, 1.82) is 0 Å². The number of benzene rings is 2. The quantitative estimate of drug-likeness (QED) is 0.378. The van der Waals surface area contributed by atoms with E-state index in [4.69, 9.17) is 0 Å². The summed E-state index contributed by atoms with van der Waals surface area (Å²) in [5.74, 6) is -0.0269. The molecule has 0 radical (unpaired) electrons. The summed E-state index contributed by atoms with van der Waals surface area (Å²) in [5.41, 5.74) is 3.72. The average molecular weight is 463 g/mol. The minimum absolute atomic E-state index is 0.0295. The van der Waals surface area contributed by atoms with Crippen LogP contribution in [0.5, 0.6) is 0 Å². The molecule has 0 unspecified atom stereocenters. The van der Waals surface area contributed by atoms with Gasteiger partial charge in [-0.3, -0.25) is 9.10 Å². The lowest BCUT2D eigenvalue weighted by Gasteiger charge is -2.18. The number of carbonyl (C=O) groups excluding carboxylic acids is 1. The Morgan fingerprint density at radius 1 is 1.23 bits per heavy atom. The van der Waals surface area contributed by atoms with E-state index in [2.05, 4.69) is 4.98 Å². The Kier molecular flexibility index (Phi) is 5.95. The minimum atomic E-state index is -3.30. The molecule has 1 aromatic heterocycles. The number of ketones is 1. The molecule has 4 rings (SSSR count). The second-order valence-corrected chi connectivity index (χ2v) is 11.0. The van der Waals surface area contributed by atoms with Crippen LogP contribution in [-0.2, 0) is 16.4 Å². The number of halogens is 1. The Morgan fingerprint density at radius 2 is 2.00 bits per heavy atom. The van der Waals surface area contributed by atoms with Crippen molar-refractivity contribution in [3.05, 3.63) is 64.8 Å². The molecule has 0 amide bonds. The van der Waals surface area contributed by atoms with Crippen LogP contribution in [0, 0.1) is 5.82 Å². The molecule has 0 spiro atoms. The minimum Gasteiger partial charge on any atom is -0.293 e. The molecule has 0 saturated carbocycles. The predicted octanol–water partition coefficient (Wildman–Crippen LogP) is 4.64. The summed E-state index contributed by atoms with van der Waals surface area (Å²) in [7, 11) is -3.30. The van der Waals surface area contributed by atoms with Gasteiger partial charge in [0.05, 0.1) is 22.9 Å². The highest BCUT2D eigenvalue weighted by molar-refractivity contribution is 8.01. The number of hydrogen-bond donors (Lipinski definition) is 0. The van der Waals surface area contributed by atoms with E-state index < -0.39 is 10.0 Å². The molecule has 9 heteroatoms. The van der Waals surface area contributed by atoms with E-state index in [0.717, 1.165) is 21.2 Å². The summed E-state index contributed by atoms with van der Waals surface area (Å²) in [6.07, 6.45) is 0.607. The normalized spacial score (nSPS) is 13.5. The Morgan fingerprint density at radius 3 is 2.73 bits per heavy atom. The van der Waals surface area contributed by atoms with Gasteiger partial charge in [-0.15, -0.1) is 11.3 Å². The lowest BCUT2D eigenvalue weighted by atomic mass is 10.1. The SMILES string of the molecule is CCS(=O)(=O)N1CCc2cc(C(=O)CSc3nc(-c4ccc(F)cc4)cs3)ccc21. The number of fused-ring (bicyclic) bond motifs is 1. The summed E-state index contributed by atoms with van der Waals surface area (Å²) >= 11 is 2.81. The first kappa shape index (κ1) is 21.0. The van der Waals surface area contributed by atoms with E-state index in [1.54, 1.807) is 37.3 Å². The molecule has 2 heterocycles. The highest BCUT2D eigenvalue weighted by Gasteiger charge is 2.28. The van der Waals surface area contributed by atoms with Crippen LogP contribution in [0.1, 0.15) is 22.8 Å². The number of carbonyl (C=O) groups is 1. The molecule has 1 aliphatic rings. The Hall–Kier alpha value is -2.23. The molecule has 1 aliphatic heterocycles. The highest BCUT2D eigenvalue weighted by atomic mass is 32.2. The topological polar surface area (TPSA) is 67.3 Å². The number of Topliss-reactive ketones (excluding diaryl/α,β-unsaturated/α-hetero) is 1. The molecule has 0 aliphatic carbocycles. The third kappa shape index (κ3) is 4.28. The lowest BCUT2D eigenvalue weighted by Crippen LogP contribution is -2.30. The van der Waals surface area contributed by atoms with Crippen LogP contribution in [0.2, 0.25) is 0 Å². The van der Waals surface area contributed by atoms with E-state index in [9.17, 15) is 17.6 Å². The van der Waals surface area contributed by atoms with Crippen molar-refractivity contribution < 1.29 is 17.6 Å². The zero-order valence-electron chi connectivity index (χ0n) is 16.2. The summed E-state index contributed by atoms with van der Waals surface area (Å²) < 4.78 is 39.7. The molecule has 0 bridgehead atoms. The monoisotopic (exact) mass is 462 g/mol. The van der Waals surface area contributed by atoms with E-state index in [0.29, 0.717) is 24.2 Å². The van der Waals surface area contributed by atoms with Crippen molar-refractivity contribution >= 4 is 44.6 Å². The van der Waals surface area contributed by atoms with Crippen molar-refractivity contribution in [2.75, 3.05) is 22.4 Å². The van der Waals surface area contributed by atoms with Crippen molar-refractivity contribution in [3.63, 3.8) is 0 Å². The largest absolute Gasteiger partial charge is 0.293 e. The standard InChI is InChI=1S/C21H19FN2O3S3/c1-2-30(26,27)24-10-9-15-11-16(5-8-19(15)24)20(25)13-29-21-23-18(12-28-21)14-3-6-17(22)7-4-14/h3-8,11-12H,2,9-10,13H2,1H3. The maximum atomic E-state index is 13.1. The smallest absolute Gasteiger partial charge is 0.234 e. The molecular weight excluding hydrogens is 443 g/mol. The summed E-state index contributed by atoms with van der Waals surface area (Å²) in [4.78, 5) is 17.2. The number of rotatable bonds is 7.